The highest BCUT2D eigenvalue weighted by Crippen LogP contribution is 2.35. The zero-order valence-corrected chi connectivity index (χ0v) is 22.1. The Morgan fingerprint density at radius 2 is 1.65 bits per heavy atom. The molecule has 0 spiro atoms. The molecule has 0 aromatic rings. The molecule has 1 fully saturated rings. The van der Waals surface area contributed by atoms with Crippen LogP contribution in [0.1, 0.15) is 80.1 Å². The van der Waals surface area contributed by atoms with Gasteiger partial charge in [0.2, 0.25) is 5.91 Å². The van der Waals surface area contributed by atoms with Crippen molar-refractivity contribution in [2.45, 2.75) is 91.8 Å². The average Bonchev–Trinajstić information content (AvgIpc) is 2.73. The molecule has 0 aromatic heterocycles. The quantitative estimate of drug-likeness (QED) is 0.230. The first-order valence-electron chi connectivity index (χ1n) is 11.7. The van der Waals surface area contributed by atoms with Crippen molar-refractivity contribution in [2.75, 3.05) is 25.5 Å². The summed E-state index contributed by atoms with van der Waals surface area (Å²) in [7, 11) is -3.91. The molecule has 1 amide bonds. The molecule has 0 radical (unpaired) electrons. The van der Waals surface area contributed by atoms with Gasteiger partial charge < -0.3 is 19.9 Å². The van der Waals surface area contributed by atoms with Crippen molar-refractivity contribution in [3.63, 3.8) is 0 Å². The van der Waals surface area contributed by atoms with E-state index in [1.54, 1.807) is 20.8 Å². The lowest BCUT2D eigenvalue weighted by molar-refractivity contribution is -0.189. The maximum atomic E-state index is 12.6. The second-order valence-corrected chi connectivity index (χ2v) is 12.5. The van der Waals surface area contributed by atoms with Crippen LogP contribution in [0.5, 0.6) is 0 Å². The van der Waals surface area contributed by atoms with Crippen LogP contribution in [0.2, 0.25) is 0 Å². The standard InChI is InChI=1S/C23H41NO9S/c1-17(25)24-13-10-14-34(29,30)32-15-22(5,6)18(26)19(27)31-16-23(11-8-7-9-12-23)33-20(28)21(2,3)4/h18,26H,7-16H2,1-6H3,(H,24,25)/t18-/m0/s1. The average molecular weight is 508 g/mol. The van der Waals surface area contributed by atoms with Gasteiger partial charge in [0.25, 0.3) is 10.1 Å². The summed E-state index contributed by atoms with van der Waals surface area (Å²) in [6.07, 6.45) is 2.29. The molecule has 198 valence electrons. The first-order valence-corrected chi connectivity index (χ1v) is 13.3. The van der Waals surface area contributed by atoms with E-state index in [2.05, 4.69) is 5.32 Å². The Labute approximate surface area is 203 Å². The predicted octanol–water partition coefficient (Wildman–Crippen LogP) is 2.08. The van der Waals surface area contributed by atoms with E-state index in [-0.39, 0.29) is 37.2 Å². The van der Waals surface area contributed by atoms with Crippen LogP contribution in [0.15, 0.2) is 0 Å². The van der Waals surface area contributed by atoms with Crippen molar-refractivity contribution in [2.24, 2.45) is 10.8 Å². The van der Waals surface area contributed by atoms with Crippen LogP contribution in [0.25, 0.3) is 0 Å². The monoisotopic (exact) mass is 507 g/mol. The molecule has 34 heavy (non-hydrogen) atoms. The van der Waals surface area contributed by atoms with Crippen LogP contribution in [0, 0.1) is 10.8 Å². The van der Waals surface area contributed by atoms with E-state index < -0.39 is 45.2 Å². The van der Waals surface area contributed by atoms with E-state index in [1.807, 2.05) is 0 Å². The molecule has 1 atom stereocenters. The largest absolute Gasteiger partial charge is 0.459 e. The number of aliphatic hydroxyl groups excluding tert-OH is 1. The SMILES string of the molecule is CC(=O)NCCCS(=O)(=O)OCC(C)(C)[C@@H](O)C(=O)OCC1(OC(=O)C(C)(C)C)CCCCC1. The molecule has 11 heteroatoms. The summed E-state index contributed by atoms with van der Waals surface area (Å²) in [6, 6.07) is 0. The third-order valence-electron chi connectivity index (χ3n) is 5.68. The van der Waals surface area contributed by atoms with Gasteiger partial charge in [-0.1, -0.05) is 20.3 Å². The normalized spacial score (nSPS) is 17.5. The molecule has 0 heterocycles. The molecule has 1 aliphatic carbocycles. The first-order chi connectivity index (χ1) is 15.5. The van der Waals surface area contributed by atoms with Crippen molar-refractivity contribution >= 4 is 28.0 Å². The van der Waals surface area contributed by atoms with Crippen molar-refractivity contribution in [1.82, 2.24) is 5.32 Å². The van der Waals surface area contributed by atoms with E-state index in [0.29, 0.717) is 12.8 Å². The molecule has 1 rings (SSSR count). The summed E-state index contributed by atoms with van der Waals surface area (Å²) in [4.78, 5) is 35.9. The third-order valence-corrected chi connectivity index (χ3v) is 6.95. The molecule has 0 bridgehead atoms. The van der Waals surface area contributed by atoms with Gasteiger partial charge in [0, 0.05) is 18.9 Å². The smallest absolute Gasteiger partial charge is 0.335 e. The lowest BCUT2D eigenvalue weighted by Crippen LogP contribution is -2.47. The van der Waals surface area contributed by atoms with E-state index in [1.165, 1.54) is 20.8 Å². The lowest BCUT2D eigenvalue weighted by atomic mass is 9.84. The molecule has 0 aromatic carbocycles. The summed E-state index contributed by atoms with van der Waals surface area (Å²) >= 11 is 0. The zero-order chi connectivity index (χ0) is 26.2. The van der Waals surface area contributed by atoms with Gasteiger partial charge in [0.05, 0.1) is 17.8 Å². The highest BCUT2D eigenvalue weighted by atomic mass is 32.2. The van der Waals surface area contributed by atoms with Gasteiger partial charge in [-0.3, -0.25) is 13.8 Å². The van der Waals surface area contributed by atoms with Gasteiger partial charge in [-0.2, -0.15) is 8.42 Å². The molecule has 10 nitrogen and oxygen atoms in total. The van der Waals surface area contributed by atoms with E-state index in [9.17, 15) is 27.9 Å². The highest BCUT2D eigenvalue weighted by molar-refractivity contribution is 7.86. The summed E-state index contributed by atoms with van der Waals surface area (Å²) in [6.45, 7) is 9.13. The second kappa shape index (κ2) is 12.3. The number of carbonyl (C=O) groups is 3. The van der Waals surface area contributed by atoms with Crippen LogP contribution >= 0.6 is 0 Å². The highest BCUT2D eigenvalue weighted by Gasteiger charge is 2.42. The van der Waals surface area contributed by atoms with Crippen LogP contribution in [-0.2, 0) is 38.2 Å². The first kappa shape index (κ1) is 30.3. The zero-order valence-electron chi connectivity index (χ0n) is 21.3. The number of amides is 1. The molecule has 0 unspecified atom stereocenters. The Morgan fingerprint density at radius 3 is 2.18 bits per heavy atom. The molecule has 2 N–H and O–H groups in total. The van der Waals surface area contributed by atoms with Crippen molar-refractivity contribution in [3.05, 3.63) is 0 Å². The van der Waals surface area contributed by atoms with Crippen molar-refractivity contribution < 1.29 is 41.6 Å². The molecule has 0 saturated heterocycles. The van der Waals surface area contributed by atoms with E-state index >= 15 is 0 Å². The van der Waals surface area contributed by atoms with Crippen LogP contribution in [0.4, 0.5) is 0 Å². The lowest BCUT2D eigenvalue weighted by Gasteiger charge is -2.38. The number of hydrogen-bond acceptors (Lipinski definition) is 9. The van der Waals surface area contributed by atoms with Gasteiger partial charge in [-0.05, 0) is 52.9 Å². The van der Waals surface area contributed by atoms with Gasteiger partial charge in [0.1, 0.15) is 12.2 Å². The second-order valence-electron chi connectivity index (χ2n) is 10.7. The van der Waals surface area contributed by atoms with E-state index in [4.69, 9.17) is 13.7 Å². The van der Waals surface area contributed by atoms with Gasteiger partial charge in [0.15, 0.2) is 6.10 Å². The van der Waals surface area contributed by atoms with Crippen molar-refractivity contribution in [3.8, 4) is 0 Å². The van der Waals surface area contributed by atoms with Crippen LogP contribution in [-0.4, -0.2) is 68.6 Å². The maximum absolute atomic E-state index is 12.6. The molecular weight excluding hydrogens is 466 g/mol. The number of ether oxygens (including phenoxy) is 2. The Balaban J connectivity index is 2.68. The van der Waals surface area contributed by atoms with Crippen LogP contribution in [0.3, 0.4) is 0 Å². The fourth-order valence-electron chi connectivity index (χ4n) is 3.32. The number of carbonyl (C=O) groups excluding carboxylic acids is 3. The fraction of sp³-hybridized carbons (Fsp3) is 0.870. The molecule has 1 aliphatic rings. The fourth-order valence-corrected chi connectivity index (χ4v) is 4.41. The summed E-state index contributed by atoms with van der Waals surface area (Å²) in [5.74, 6) is -1.90. The number of esters is 2. The van der Waals surface area contributed by atoms with Crippen LogP contribution < -0.4 is 5.32 Å². The maximum Gasteiger partial charge on any atom is 0.335 e. The van der Waals surface area contributed by atoms with Gasteiger partial charge in [-0.15, -0.1) is 0 Å². The Bertz CT molecular complexity index is 809. The minimum absolute atomic E-state index is 0.169. The Kier molecular flexibility index (Phi) is 11.0. The number of hydrogen-bond donors (Lipinski definition) is 2. The molecular formula is C23H41NO9S. The summed E-state index contributed by atoms with van der Waals surface area (Å²) < 4.78 is 40.3. The summed E-state index contributed by atoms with van der Waals surface area (Å²) in [5.41, 5.74) is -2.90. The minimum atomic E-state index is -3.91. The Hall–Kier alpha value is -1.72. The number of nitrogens with one attached hydrogen (secondary N) is 1. The molecule has 0 aliphatic heterocycles. The topological polar surface area (TPSA) is 145 Å². The molecule has 1 saturated carbocycles. The van der Waals surface area contributed by atoms with Crippen molar-refractivity contribution in [1.29, 1.82) is 0 Å². The summed E-state index contributed by atoms with van der Waals surface area (Å²) in [5, 5.41) is 13.0. The number of rotatable bonds is 12. The number of aliphatic hydroxyl groups is 1. The van der Waals surface area contributed by atoms with Gasteiger partial charge >= 0.3 is 11.9 Å². The van der Waals surface area contributed by atoms with Gasteiger partial charge in [-0.25, -0.2) is 4.79 Å². The Morgan fingerprint density at radius 1 is 1.06 bits per heavy atom. The predicted molar refractivity (Wildman–Crippen MR) is 125 cm³/mol. The third kappa shape index (κ3) is 10.3. The minimum Gasteiger partial charge on any atom is -0.459 e. The van der Waals surface area contributed by atoms with E-state index in [0.717, 1.165) is 19.3 Å².